The van der Waals surface area contributed by atoms with Crippen molar-refractivity contribution < 1.29 is 28.4 Å². The van der Waals surface area contributed by atoms with Crippen molar-refractivity contribution in [2.24, 2.45) is 0 Å². The number of rotatable bonds is 4. The summed E-state index contributed by atoms with van der Waals surface area (Å²) >= 11 is 3.00. The number of anilines is 1. The van der Waals surface area contributed by atoms with Gasteiger partial charge in [0.05, 0.1) is 40.9 Å². The van der Waals surface area contributed by atoms with Crippen LogP contribution in [-0.2, 0) is 19.1 Å². The van der Waals surface area contributed by atoms with E-state index in [-0.39, 0.29) is 21.4 Å². The van der Waals surface area contributed by atoms with E-state index >= 15 is 0 Å². The summed E-state index contributed by atoms with van der Waals surface area (Å²) in [5.41, 5.74) is -1.16. The standard InChI is InChI=1S/C16H12BrFN2O6/c1-25-15(21)9-5-3-4-6-19(14(9)16(22)26-2)13-7-10(17)12(20(23)24)8-11(13)18/h3-8H,1-2H3. The Hall–Kier alpha value is -3.01. The number of ether oxygens (including phenoxy) is 2. The molecule has 2 rings (SSSR count). The van der Waals surface area contributed by atoms with E-state index in [9.17, 15) is 24.1 Å². The zero-order valence-electron chi connectivity index (χ0n) is 13.6. The second kappa shape index (κ2) is 7.91. The predicted octanol–water partition coefficient (Wildman–Crippen LogP) is 2.99. The fourth-order valence-corrected chi connectivity index (χ4v) is 2.68. The number of esters is 2. The number of hydrogen-bond acceptors (Lipinski definition) is 7. The highest BCUT2D eigenvalue weighted by Crippen LogP contribution is 2.35. The quantitative estimate of drug-likeness (QED) is 0.414. The molecule has 1 heterocycles. The number of benzene rings is 1. The Kier molecular flexibility index (Phi) is 5.88. The number of carbonyl (C=O) groups is 2. The summed E-state index contributed by atoms with van der Waals surface area (Å²) in [6.07, 6.45) is 5.53. The van der Waals surface area contributed by atoms with Gasteiger partial charge < -0.3 is 14.4 Å². The largest absolute Gasteiger partial charge is 0.465 e. The van der Waals surface area contributed by atoms with Gasteiger partial charge in [0.2, 0.25) is 0 Å². The van der Waals surface area contributed by atoms with Crippen LogP contribution in [0.25, 0.3) is 0 Å². The van der Waals surface area contributed by atoms with Crippen LogP contribution in [0.3, 0.4) is 0 Å². The summed E-state index contributed by atoms with van der Waals surface area (Å²) < 4.78 is 23.9. The van der Waals surface area contributed by atoms with E-state index < -0.39 is 28.4 Å². The van der Waals surface area contributed by atoms with Crippen LogP contribution in [-0.4, -0.2) is 31.1 Å². The number of nitro groups is 1. The van der Waals surface area contributed by atoms with Crippen LogP contribution >= 0.6 is 15.9 Å². The highest BCUT2D eigenvalue weighted by Gasteiger charge is 2.30. The van der Waals surface area contributed by atoms with Crippen molar-refractivity contribution in [2.45, 2.75) is 0 Å². The molecular weight excluding hydrogens is 415 g/mol. The molecule has 136 valence electrons. The third kappa shape index (κ3) is 3.64. The van der Waals surface area contributed by atoms with Gasteiger partial charge in [-0.3, -0.25) is 10.1 Å². The van der Waals surface area contributed by atoms with Gasteiger partial charge in [-0.15, -0.1) is 0 Å². The molecule has 0 aromatic heterocycles. The van der Waals surface area contributed by atoms with E-state index in [2.05, 4.69) is 20.7 Å². The monoisotopic (exact) mass is 426 g/mol. The summed E-state index contributed by atoms with van der Waals surface area (Å²) in [4.78, 5) is 35.5. The zero-order valence-corrected chi connectivity index (χ0v) is 15.1. The Morgan fingerprint density at radius 1 is 1.19 bits per heavy atom. The van der Waals surface area contributed by atoms with Crippen LogP contribution < -0.4 is 4.90 Å². The van der Waals surface area contributed by atoms with E-state index in [1.165, 1.54) is 24.4 Å². The molecule has 0 spiro atoms. The van der Waals surface area contributed by atoms with Crippen molar-refractivity contribution >= 4 is 39.2 Å². The summed E-state index contributed by atoms with van der Waals surface area (Å²) in [7, 11) is 2.23. The Bertz CT molecular complexity index is 878. The van der Waals surface area contributed by atoms with Crippen molar-refractivity contribution in [1.29, 1.82) is 0 Å². The minimum Gasteiger partial charge on any atom is -0.465 e. The van der Waals surface area contributed by atoms with Gasteiger partial charge >= 0.3 is 11.9 Å². The molecule has 8 nitrogen and oxygen atoms in total. The summed E-state index contributed by atoms with van der Waals surface area (Å²) in [6.45, 7) is 0. The van der Waals surface area contributed by atoms with Crippen LogP contribution in [0, 0.1) is 15.9 Å². The molecule has 1 aliphatic heterocycles. The Labute approximate surface area is 155 Å². The lowest BCUT2D eigenvalue weighted by molar-refractivity contribution is -0.385. The molecule has 1 aromatic carbocycles. The number of carbonyl (C=O) groups excluding carboxylic acids is 2. The van der Waals surface area contributed by atoms with Crippen LogP contribution in [0.5, 0.6) is 0 Å². The molecular formula is C16H12BrFN2O6. The Balaban J connectivity index is 2.73. The van der Waals surface area contributed by atoms with E-state index in [0.29, 0.717) is 6.07 Å². The van der Waals surface area contributed by atoms with Crippen molar-refractivity contribution in [3.8, 4) is 0 Å². The van der Waals surface area contributed by atoms with Gasteiger partial charge in [-0.05, 0) is 34.1 Å². The molecule has 0 N–H and O–H groups in total. The molecule has 0 amide bonds. The molecule has 0 aliphatic carbocycles. The average molecular weight is 427 g/mol. The normalized spacial score (nSPS) is 13.5. The molecule has 0 bridgehead atoms. The average Bonchev–Trinajstić information content (AvgIpc) is 2.84. The molecule has 10 heteroatoms. The van der Waals surface area contributed by atoms with Crippen molar-refractivity contribution in [1.82, 2.24) is 0 Å². The van der Waals surface area contributed by atoms with Crippen LogP contribution in [0.2, 0.25) is 0 Å². The molecule has 1 aliphatic rings. The Morgan fingerprint density at radius 2 is 1.85 bits per heavy atom. The molecule has 0 radical (unpaired) electrons. The first kappa shape index (κ1) is 19.3. The number of nitro benzene ring substituents is 1. The first-order valence-electron chi connectivity index (χ1n) is 7.00. The van der Waals surface area contributed by atoms with Gasteiger partial charge in [0, 0.05) is 6.20 Å². The number of allylic oxidation sites excluding steroid dienone is 2. The fraction of sp³-hybridized carbons (Fsp3) is 0.125. The molecule has 0 saturated carbocycles. The third-order valence-corrected chi connectivity index (χ3v) is 4.00. The Morgan fingerprint density at radius 3 is 2.42 bits per heavy atom. The van der Waals surface area contributed by atoms with E-state index in [0.717, 1.165) is 25.2 Å². The maximum atomic E-state index is 14.5. The fourth-order valence-electron chi connectivity index (χ4n) is 2.20. The van der Waals surface area contributed by atoms with Crippen LogP contribution in [0.15, 0.2) is 52.3 Å². The second-order valence-corrected chi connectivity index (χ2v) is 5.68. The lowest BCUT2D eigenvalue weighted by Crippen LogP contribution is -2.27. The third-order valence-electron chi connectivity index (χ3n) is 3.36. The van der Waals surface area contributed by atoms with Crippen molar-refractivity contribution in [2.75, 3.05) is 19.1 Å². The van der Waals surface area contributed by atoms with Crippen molar-refractivity contribution in [3.05, 3.63) is 68.2 Å². The van der Waals surface area contributed by atoms with E-state index in [4.69, 9.17) is 4.74 Å². The summed E-state index contributed by atoms with van der Waals surface area (Å²) in [5, 5.41) is 10.9. The number of nitrogens with zero attached hydrogens (tertiary/aromatic N) is 2. The zero-order chi connectivity index (χ0) is 19.4. The summed E-state index contributed by atoms with van der Waals surface area (Å²) in [6, 6.07) is 1.83. The molecule has 0 atom stereocenters. The minimum atomic E-state index is -0.975. The first-order valence-corrected chi connectivity index (χ1v) is 7.79. The van der Waals surface area contributed by atoms with E-state index in [1.54, 1.807) is 0 Å². The van der Waals surface area contributed by atoms with Gasteiger partial charge in [0.1, 0.15) is 5.70 Å². The molecule has 1 aromatic rings. The maximum absolute atomic E-state index is 14.5. The smallest absolute Gasteiger partial charge is 0.355 e. The molecule has 26 heavy (non-hydrogen) atoms. The van der Waals surface area contributed by atoms with Gasteiger partial charge in [-0.2, -0.15) is 0 Å². The van der Waals surface area contributed by atoms with Gasteiger partial charge in [-0.25, -0.2) is 14.0 Å². The number of hydrogen-bond donors (Lipinski definition) is 0. The molecule has 0 unspecified atom stereocenters. The highest BCUT2D eigenvalue weighted by atomic mass is 79.9. The lowest BCUT2D eigenvalue weighted by atomic mass is 10.1. The molecule has 0 saturated heterocycles. The topological polar surface area (TPSA) is 99.0 Å². The lowest BCUT2D eigenvalue weighted by Gasteiger charge is -2.23. The SMILES string of the molecule is COC(=O)C1=C(C(=O)OC)N(c2cc(Br)c([N+](=O)[O-])cc2F)C=CC=C1. The van der Waals surface area contributed by atoms with Gasteiger partial charge in [-0.1, -0.05) is 6.08 Å². The maximum Gasteiger partial charge on any atom is 0.355 e. The first-order chi connectivity index (χ1) is 12.3. The van der Waals surface area contributed by atoms with Gasteiger partial charge in [0.25, 0.3) is 5.69 Å². The van der Waals surface area contributed by atoms with Crippen LogP contribution in [0.1, 0.15) is 0 Å². The van der Waals surface area contributed by atoms with Gasteiger partial charge in [0.15, 0.2) is 5.82 Å². The minimum absolute atomic E-state index is 0.00617. The predicted molar refractivity (Wildman–Crippen MR) is 92.6 cm³/mol. The van der Waals surface area contributed by atoms with E-state index in [1.807, 2.05) is 0 Å². The number of methoxy groups -OCH3 is 2. The molecule has 0 fully saturated rings. The second-order valence-electron chi connectivity index (χ2n) is 4.83. The van der Waals surface area contributed by atoms with Crippen LogP contribution in [0.4, 0.5) is 15.8 Å². The van der Waals surface area contributed by atoms with Crippen molar-refractivity contribution in [3.63, 3.8) is 0 Å². The number of halogens is 2. The highest BCUT2D eigenvalue weighted by molar-refractivity contribution is 9.10. The summed E-state index contributed by atoms with van der Waals surface area (Å²) in [5.74, 6) is -2.73.